The normalized spacial score (nSPS) is 12.9. The van der Waals surface area contributed by atoms with Crippen molar-refractivity contribution in [3.63, 3.8) is 0 Å². The molecule has 33 heavy (non-hydrogen) atoms. The summed E-state index contributed by atoms with van der Waals surface area (Å²) in [6.07, 6.45) is -0.382. The summed E-state index contributed by atoms with van der Waals surface area (Å²) in [4.78, 5) is 36.7. The molecular weight excluding hydrogens is 422 g/mol. The molecule has 8 heteroatoms. The Morgan fingerprint density at radius 1 is 0.939 bits per heavy atom. The first kappa shape index (κ1) is 25.9. The summed E-state index contributed by atoms with van der Waals surface area (Å²) >= 11 is 0. The molecule has 0 unspecified atom stereocenters. The lowest BCUT2D eigenvalue weighted by atomic mass is 10.0. The van der Waals surface area contributed by atoms with E-state index in [9.17, 15) is 14.4 Å². The molecule has 0 saturated carbocycles. The Bertz CT molecular complexity index is 897. The Labute approximate surface area is 194 Å². The molecule has 0 radical (unpaired) electrons. The Hall–Kier alpha value is -3.39. The number of rotatable bonds is 11. The minimum Gasteiger partial charge on any atom is -0.461 e. The number of alkyl carbamates (subject to hydrolysis) is 1. The number of hydrogen-bond donors (Lipinski definition) is 3. The van der Waals surface area contributed by atoms with Gasteiger partial charge in [0.25, 0.3) is 0 Å². The SMILES string of the molecule is CC(C)(C)OC(=O)N[C@@H](CN[C@@H](Cc1ccccc1)C(N)=O)CC(=O)OCc1ccccc1. The van der Waals surface area contributed by atoms with Crippen molar-refractivity contribution in [2.24, 2.45) is 5.73 Å². The summed E-state index contributed by atoms with van der Waals surface area (Å²) in [5.74, 6) is -1.01. The quantitative estimate of drug-likeness (QED) is 0.448. The van der Waals surface area contributed by atoms with E-state index in [1.165, 1.54) is 0 Å². The van der Waals surface area contributed by atoms with Crippen LogP contribution in [0.4, 0.5) is 4.79 Å². The van der Waals surface area contributed by atoms with Crippen molar-refractivity contribution in [3.05, 3.63) is 71.8 Å². The predicted molar refractivity (Wildman–Crippen MR) is 125 cm³/mol. The molecular formula is C25H33N3O5. The lowest BCUT2D eigenvalue weighted by Gasteiger charge is -2.25. The lowest BCUT2D eigenvalue weighted by molar-refractivity contribution is -0.145. The second-order valence-electron chi connectivity index (χ2n) is 8.75. The zero-order chi connectivity index (χ0) is 24.3. The van der Waals surface area contributed by atoms with Crippen LogP contribution in [0.5, 0.6) is 0 Å². The van der Waals surface area contributed by atoms with E-state index in [1.54, 1.807) is 20.8 Å². The van der Waals surface area contributed by atoms with Crippen molar-refractivity contribution in [2.45, 2.75) is 57.9 Å². The Kier molecular flexibility index (Phi) is 9.87. The van der Waals surface area contributed by atoms with Crippen LogP contribution in [0, 0.1) is 0 Å². The fourth-order valence-corrected chi connectivity index (χ4v) is 3.05. The number of benzene rings is 2. The molecule has 2 atom stereocenters. The molecule has 2 amide bonds. The van der Waals surface area contributed by atoms with Gasteiger partial charge >= 0.3 is 12.1 Å². The van der Waals surface area contributed by atoms with E-state index in [2.05, 4.69) is 10.6 Å². The molecule has 0 fully saturated rings. The highest BCUT2D eigenvalue weighted by atomic mass is 16.6. The van der Waals surface area contributed by atoms with Gasteiger partial charge in [-0.3, -0.25) is 9.59 Å². The number of primary amides is 1. The van der Waals surface area contributed by atoms with Crippen LogP contribution < -0.4 is 16.4 Å². The third kappa shape index (κ3) is 10.7. The summed E-state index contributed by atoms with van der Waals surface area (Å²) in [6, 6.07) is 17.4. The second-order valence-corrected chi connectivity index (χ2v) is 8.75. The molecule has 2 aromatic rings. The predicted octanol–water partition coefficient (Wildman–Crippen LogP) is 2.70. The number of carbonyl (C=O) groups is 3. The van der Waals surface area contributed by atoms with Gasteiger partial charge < -0.3 is 25.8 Å². The minimum absolute atomic E-state index is 0.101. The fourth-order valence-electron chi connectivity index (χ4n) is 3.05. The highest BCUT2D eigenvalue weighted by molar-refractivity contribution is 5.80. The Morgan fingerprint density at radius 2 is 1.52 bits per heavy atom. The van der Waals surface area contributed by atoms with Crippen LogP contribution in [0.15, 0.2) is 60.7 Å². The number of nitrogens with two attached hydrogens (primary N) is 1. The van der Waals surface area contributed by atoms with E-state index in [4.69, 9.17) is 15.2 Å². The number of nitrogens with one attached hydrogen (secondary N) is 2. The summed E-state index contributed by atoms with van der Waals surface area (Å²) in [6.45, 7) is 5.50. The molecule has 0 spiro atoms. The first-order valence-electron chi connectivity index (χ1n) is 10.9. The molecule has 8 nitrogen and oxygen atoms in total. The van der Waals surface area contributed by atoms with Gasteiger partial charge in [-0.15, -0.1) is 0 Å². The average Bonchev–Trinajstić information content (AvgIpc) is 2.75. The smallest absolute Gasteiger partial charge is 0.407 e. The van der Waals surface area contributed by atoms with Gasteiger partial charge in [0.05, 0.1) is 18.5 Å². The zero-order valence-electron chi connectivity index (χ0n) is 19.4. The molecule has 0 aliphatic carbocycles. The molecule has 0 aliphatic heterocycles. The molecule has 0 saturated heterocycles. The highest BCUT2D eigenvalue weighted by Crippen LogP contribution is 2.09. The number of ether oxygens (including phenoxy) is 2. The third-order valence-corrected chi connectivity index (χ3v) is 4.61. The molecule has 2 rings (SSSR count). The first-order chi connectivity index (χ1) is 15.6. The molecule has 0 aromatic heterocycles. The van der Waals surface area contributed by atoms with Gasteiger partial charge in [-0.05, 0) is 38.3 Å². The van der Waals surface area contributed by atoms with Crippen molar-refractivity contribution in [1.29, 1.82) is 0 Å². The van der Waals surface area contributed by atoms with Gasteiger partial charge in [0.2, 0.25) is 5.91 Å². The fraction of sp³-hybridized carbons (Fsp3) is 0.400. The second kappa shape index (κ2) is 12.6. The van der Waals surface area contributed by atoms with Crippen LogP contribution in [0.1, 0.15) is 38.3 Å². The maximum absolute atomic E-state index is 12.4. The van der Waals surface area contributed by atoms with Gasteiger partial charge in [0, 0.05) is 6.54 Å². The molecule has 0 aliphatic rings. The Morgan fingerprint density at radius 3 is 2.06 bits per heavy atom. The summed E-state index contributed by atoms with van der Waals surface area (Å²) in [5.41, 5.74) is 6.66. The minimum atomic E-state index is -0.695. The maximum atomic E-state index is 12.4. The monoisotopic (exact) mass is 455 g/mol. The Balaban J connectivity index is 1.99. The van der Waals surface area contributed by atoms with Crippen LogP contribution in [0.3, 0.4) is 0 Å². The lowest BCUT2D eigenvalue weighted by Crippen LogP contribution is -2.51. The highest BCUT2D eigenvalue weighted by Gasteiger charge is 2.24. The van der Waals surface area contributed by atoms with E-state index < -0.39 is 35.7 Å². The average molecular weight is 456 g/mol. The van der Waals surface area contributed by atoms with Crippen LogP contribution in [0.2, 0.25) is 0 Å². The van der Waals surface area contributed by atoms with Crippen molar-refractivity contribution >= 4 is 18.0 Å². The number of esters is 1. The molecule has 0 bridgehead atoms. The molecule has 0 heterocycles. The number of hydrogen-bond acceptors (Lipinski definition) is 6. The van der Waals surface area contributed by atoms with Crippen molar-refractivity contribution in [3.8, 4) is 0 Å². The van der Waals surface area contributed by atoms with E-state index in [-0.39, 0.29) is 19.6 Å². The molecule has 4 N–H and O–H groups in total. The first-order valence-corrected chi connectivity index (χ1v) is 10.9. The summed E-state index contributed by atoms with van der Waals surface area (Å²) < 4.78 is 10.6. The molecule has 178 valence electrons. The van der Waals surface area contributed by atoms with E-state index in [0.717, 1.165) is 11.1 Å². The zero-order valence-corrected chi connectivity index (χ0v) is 19.4. The van der Waals surface area contributed by atoms with Crippen molar-refractivity contribution < 1.29 is 23.9 Å². The van der Waals surface area contributed by atoms with E-state index in [0.29, 0.717) is 6.42 Å². The topological polar surface area (TPSA) is 120 Å². The van der Waals surface area contributed by atoms with Crippen LogP contribution in [0.25, 0.3) is 0 Å². The van der Waals surface area contributed by atoms with Crippen LogP contribution >= 0.6 is 0 Å². The third-order valence-electron chi connectivity index (χ3n) is 4.61. The van der Waals surface area contributed by atoms with Crippen molar-refractivity contribution in [2.75, 3.05) is 6.54 Å². The van der Waals surface area contributed by atoms with Gasteiger partial charge in [0.15, 0.2) is 0 Å². The van der Waals surface area contributed by atoms with Crippen LogP contribution in [-0.2, 0) is 32.1 Å². The summed E-state index contributed by atoms with van der Waals surface area (Å²) in [5, 5.41) is 5.75. The summed E-state index contributed by atoms with van der Waals surface area (Å²) in [7, 11) is 0. The van der Waals surface area contributed by atoms with Gasteiger partial charge in [-0.2, -0.15) is 0 Å². The van der Waals surface area contributed by atoms with Crippen molar-refractivity contribution in [1.82, 2.24) is 10.6 Å². The van der Waals surface area contributed by atoms with Gasteiger partial charge in [-0.25, -0.2) is 4.79 Å². The maximum Gasteiger partial charge on any atom is 0.407 e. The van der Waals surface area contributed by atoms with E-state index >= 15 is 0 Å². The van der Waals surface area contributed by atoms with Gasteiger partial charge in [0.1, 0.15) is 12.2 Å². The number of amides is 2. The van der Waals surface area contributed by atoms with E-state index in [1.807, 2.05) is 60.7 Å². The standard InChI is InChI=1S/C25H33N3O5/c1-25(2,3)33-24(31)28-20(15-22(29)32-17-19-12-8-5-9-13-19)16-27-21(23(26)30)14-18-10-6-4-7-11-18/h4-13,20-21,27H,14-17H2,1-3H3,(H2,26,30)(H,28,31)/t20-,21+/m1/s1. The van der Waals surface area contributed by atoms with Gasteiger partial charge in [-0.1, -0.05) is 60.7 Å². The van der Waals surface area contributed by atoms with Crippen LogP contribution in [-0.4, -0.2) is 42.2 Å². The number of carbonyl (C=O) groups excluding carboxylic acids is 3. The largest absolute Gasteiger partial charge is 0.461 e. The molecule has 2 aromatic carbocycles.